The minimum atomic E-state index is -0.0715. The standard InChI is InChI=1S/C25H35NO2/c1-19(13-14-23-21(3)11-7-15-25(23,4)5)9-6-10-20(2)17-24(28)26-16-8-12-22(27)18-26/h6,9-10,13-14,17H,7-8,11-12,15-16,18H2,1-5H3/b10-6+,14-13+,19-9-,20-17+. The molecule has 0 unspecified atom stereocenters. The fourth-order valence-electron chi connectivity index (χ4n) is 3.99. The summed E-state index contributed by atoms with van der Waals surface area (Å²) in [6.45, 7) is 11.8. The van der Waals surface area contributed by atoms with Gasteiger partial charge in [0.1, 0.15) is 0 Å². The Morgan fingerprint density at radius 1 is 1.07 bits per heavy atom. The number of ketones is 1. The summed E-state index contributed by atoms with van der Waals surface area (Å²) in [6.07, 6.45) is 17.1. The summed E-state index contributed by atoms with van der Waals surface area (Å²) < 4.78 is 0. The van der Waals surface area contributed by atoms with E-state index < -0.39 is 0 Å². The van der Waals surface area contributed by atoms with E-state index in [1.165, 1.54) is 36.0 Å². The molecule has 1 saturated heterocycles. The Morgan fingerprint density at radius 2 is 1.82 bits per heavy atom. The van der Waals surface area contributed by atoms with Crippen LogP contribution in [0.3, 0.4) is 0 Å². The summed E-state index contributed by atoms with van der Waals surface area (Å²) in [6, 6.07) is 0. The topological polar surface area (TPSA) is 37.4 Å². The number of rotatable bonds is 5. The maximum absolute atomic E-state index is 12.3. The van der Waals surface area contributed by atoms with Gasteiger partial charge in [0, 0.05) is 19.0 Å². The average Bonchev–Trinajstić information content (AvgIpc) is 2.60. The molecule has 2 rings (SSSR count). The van der Waals surface area contributed by atoms with Crippen molar-refractivity contribution in [2.75, 3.05) is 13.1 Å². The molecule has 1 aliphatic carbocycles. The average molecular weight is 382 g/mol. The van der Waals surface area contributed by atoms with Gasteiger partial charge in [-0.3, -0.25) is 9.59 Å². The smallest absolute Gasteiger partial charge is 0.247 e. The number of carbonyl (C=O) groups excluding carboxylic acids is 2. The Balaban J connectivity index is 1.96. The molecule has 0 spiro atoms. The van der Waals surface area contributed by atoms with Crippen molar-refractivity contribution in [3.63, 3.8) is 0 Å². The Kier molecular flexibility index (Phi) is 7.79. The first-order valence-electron chi connectivity index (χ1n) is 10.4. The number of hydrogen-bond donors (Lipinski definition) is 0. The van der Waals surface area contributed by atoms with Crippen LogP contribution in [-0.2, 0) is 9.59 Å². The van der Waals surface area contributed by atoms with Gasteiger partial charge in [0.05, 0.1) is 6.54 Å². The van der Waals surface area contributed by atoms with Crippen molar-refractivity contribution in [3.8, 4) is 0 Å². The summed E-state index contributed by atoms with van der Waals surface area (Å²) in [4.78, 5) is 25.4. The van der Waals surface area contributed by atoms with Crippen LogP contribution in [0.25, 0.3) is 0 Å². The molecule has 1 aliphatic heterocycles. The molecule has 1 heterocycles. The largest absolute Gasteiger partial charge is 0.332 e. The molecule has 0 aromatic carbocycles. The van der Waals surface area contributed by atoms with Crippen molar-refractivity contribution in [1.29, 1.82) is 0 Å². The molecule has 0 bridgehead atoms. The van der Waals surface area contributed by atoms with Crippen LogP contribution < -0.4 is 0 Å². The zero-order valence-corrected chi connectivity index (χ0v) is 18.2. The SMILES string of the molecule is CC1=C(/C=C/C(C)=C\C=C\C(C)=C\C(=O)N2CCCC(=O)C2)C(C)(C)CCC1. The zero-order chi connectivity index (χ0) is 20.7. The van der Waals surface area contributed by atoms with E-state index >= 15 is 0 Å². The molecule has 0 atom stereocenters. The van der Waals surface area contributed by atoms with Gasteiger partial charge < -0.3 is 4.90 Å². The predicted octanol–water partition coefficient (Wildman–Crippen LogP) is 5.71. The van der Waals surface area contributed by atoms with Crippen molar-refractivity contribution in [1.82, 2.24) is 4.90 Å². The molecule has 0 aromatic heterocycles. The highest BCUT2D eigenvalue weighted by molar-refractivity contribution is 5.93. The molecule has 1 fully saturated rings. The van der Waals surface area contributed by atoms with Crippen LogP contribution in [0.2, 0.25) is 0 Å². The Labute approximate surface area is 170 Å². The van der Waals surface area contributed by atoms with E-state index in [1.54, 1.807) is 11.0 Å². The van der Waals surface area contributed by atoms with Crippen LogP contribution in [0.5, 0.6) is 0 Å². The van der Waals surface area contributed by atoms with Gasteiger partial charge in [0.15, 0.2) is 5.78 Å². The van der Waals surface area contributed by atoms with Gasteiger partial charge in [-0.15, -0.1) is 0 Å². The third-order valence-electron chi connectivity index (χ3n) is 5.69. The van der Waals surface area contributed by atoms with Gasteiger partial charge in [-0.2, -0.15) is 0 Å². The highest BCUT2D eigenvalue weighted by Crippen LogP contribution is 2.40. The lowest BCUT2D eigenvalue weighted by molar-refractivity contribution is -0.133. The molecule has 0 aromatic rings. The Hall–Kier alpha value is -2.16. The highest BCUT2D eigenvalue weighted by atomic mass is 16.2. The van der Waals surface area contributed by atoms with Gasteiger partial charge >= 0.3 is 0 Å². The molecular weight excluding hydrogens is 346 g/mol. The number of amides is 1. The van der Waals surface area contributed by atoms with Gasteiger partial charge in [0.2, 0.25) is 5.91 Å². The molecule has 1 amide bonds. The van der Waals surface area contributed by atoms with E-state index in [0.717, 1.165) is 12.0 Å². The number of likely N-dealkylation sites (tertiary alicyclic amines) is 1. The number of piperidine rings is 1. The summed E-state index contributed by atoms with van der Waals surface area (Å²) in [5.41, 5.74) is 5.30. The summed E-state index contributed by atoms with van der Waals surface area (Å²) in [5, 5.41) is 0. The van der Waals surface area contributed by atoms with Crippen molar-refractivity contribution >= 4 is 11.7 Å². The van der Waals surface area contributed by atoms with Crippen molar-refractivity contribution in [2.45, 2.75) is 66.7 Å². The maximum Gasteiger partial charge on any atom is 0.247 e. The van der Waals surface area contributed by atoms with Crippen molar-refractivity contribution in [2.24, 2.45) is 5.41 Å². The van der Waals surface area contributed by atoms with E-state index in [9.17, 15) is 9.59 Å². The van der Waals surface area contributed by atoms with Crippen LogP contribution in [0.1, 0.15) is 66.7 Å². The molecule has 2 aliphatic rings. The maximum atomic E-state index is 12.3. The number of carbonyl (C=O) groups is 2. The first-order chi connectivity index (χ1) is 13.2. The molecule has 0 N–H and O–H groups in total. The first-order valence-corrected chi connectivity index (χ1v) is 10.4. The Bertz CT molecular complexity index is 759. The number of Topliss-reactive ketones (excluding diaryl/α,β-unsaturated/α-hetero) is 1. The summed E-state index contributed by atoms with van der Waals surface area (Å²) in [5.74, 6) is 0.0794. The fourth-order valence-corrected chi connectivity index (χ4v) is 3.99. The number of nitrogens with zero attached hydrogens (tertiary/aromatic N) is 1. The quantitative estimate of drug-likeness (QED) is 0.452. The molecule has 3 heteroatoms. The summed E-state index contributed by atoms with van der Waals surface area (Å²) >= 11 is 0. The minimum Gasteiger partial charge on any atom is -0.332 e. The second kappa shape index (κ2) is 9.86. The number of hydrogen-bond acceptors (Lipinski definition) is 2. The molecule has 152 valence electrons. The zero-order valence-electron chi connectivity index (χ0n) is 18.2. The first kappa shape index (κ1) is 22.1. The lowest BCUT2D eigenvalue weighted by Gasteiger charge is -2.32. The van der Waals surface area contributed by atoms with Crippen LogP contribution in [-0.4, -0.2) is 29.7 Å². The predicted molar refractivity (Wildman–Crippen MR) is 117 cm³/mol. The highest BCUT2D eigenvalue weighted by Gasteiger charge is 2.26. The van der Waals surface area contributed by atoms with Gasteiger partial charge in [-0.25, -0.2) is 0 Å². The second-order valence-electron chi connectivity index (χ2n) is 8.82. The van der Waals surface area contributed by atoms with E-state index in [0.29, 0.717) is 13.0 Å². The number of allylic oxidation sites excluding steroid dienone is 9. The van der Waals surface area contributed by atoms with E-state index in [1.807, 2.05) is 19.1 Å². The lowest BCUT2D eigenvalue weighted by Crippen LogP contribution is -2.39. The third-order valence-corrected chi connectivity index (χ3v) is 5.69. The molecule has 0 saturated carbocycles. The van der Waals surface area contributed by atoms with Crippen LogP contribution in [0, 0.1) is 5.41 Å². The van der Waals surface area contributed by atoms with Crippen molar-refractivity contribution < 1.29 is 9.59 Å². The molecule has 28 heavy (non-hydrogen) atoms. The lowest BCUT2D eigenvalue weighted by atomic mass is 9.72. The van der Waals surface area contributed by atoms with Crippen molar-refractivity contribution in [3.05, 3.63) is 58.7 Å². The van der Waals surface area contributed by atoms with E-state index in [4.69, 9.17) is 0 Å². The van der Waals surface area contributed by atoms with Gasteiger partial charge in [0.25, 0.3) is 0 Å². The van der Waals surface area contributed by atoms with Gasteiger partial charge in [-0.05, 0) is 63.0 Å². The monoisotopic (exact) mass is 381 g/mol. The second-order valence-corrected chi connectivity index (χ2v) is 8.82. The minimum absolute atomic E-state index is 0.0715. The Morgan fingerprint density at radius 3 is 2.50 bits per heavy atom. The molecule has 3 nitrogen and oxygen atoms in total. The fraction of sp³-hybridized carbons (Fsp3) is 0.520. The normalized spacial score (nSPS) is 21.9. The van der Waals surface area contributed by atoms with Crippen LogP contribution in [0.15, 0.2) is 58.7 Å². The molecular formula is C25H35NO2. The summed E-state index contributed by atoms with van der Waals surface area (Å²) in [7, 11) is 0. The van der Waals surface area contributed by atoms with Crippen LogP contribution in [0.4, 0.5) is 0 Å². The third kappa shape index (κ3) is 6.47. The molecule has 0 radical (unpaired) electrons. The van der Waals surface area contributed by atoms with E-state index in [2.05, 4.69) is 45.9 Å². The van der Waals surface area contributed by atoms with E-state index in [-0.39, 0.29) is 23.7 Å². The van der Waals surface area contributed by atoms with Gasteiger partial charge in [-0.1, -0.05) is 55.4 Å². The van der Waals surface area contributed by atoms with Crippen LogP contribution >= 0.6 is 0 Å².